The molecule has 6 heterocycles. The number of carbonyl (C=O) groups excluding carboxylic acids is 1. The number of ether oxygens (including phenoxy) is 1. The molecule has 4 aromatic rings. The van der Waals surface area contributed by atoms with Crippen LogP contribution in [0.2, 0.25) is 0 Å². The molecule has 1 saturated heterocycles. The molecule has 0 spiro atoms. The third-order valence-electron chi connectivity index (χ3n) is 8.14. The minimum absolute atomic E-state index is 0.0581. The molecular formula is C29H30N6O2. The highest BCUT2D eigenvalue weighted by Crippen LogP contribution is 2.39. The molecule has 0 bridgehead atoms. The number of pyridine rings is 2. The lowest BCUT2D eigenvalue weighted by Crippen LogP contribution is -2.32. The smallest absolute Gasteiger partial charge is 0.254 e. The third kappa shape index (κ3) is 3.70. The van der Waals surface area contributed by atoms with Crippen LogP contribution in [0.5, 0.6) is 0 Å². The van der Waals surface area contributed by atoms with E-state index in [4.69, 9.17) is 9.72 Å². The van der Waals surface area contributed by atoms with Gasteiger partial charge in [-0.25, -0.2) is 9.97 Å². The first-order chi connectivity index (χ1) is 18.1. The number of aryl methyl sites for hydroxylation is 1. The van der Waals surface area contributed by atoms with Gasteiger partial charge in [-0.3, -0.25) is 4.79 Å². The summed E-state index contributed by atoms with van der Waals surface area (Å²) < 4.78 is 7.79. The molecule has 37 heavy (non-hydrogen) atoms. The van der Waals surface area contributed by atoms with Gasteiger partial charge in [0.15, 0.2) is 0 Å². The van der Waals surface area contributed by atoms with E-state index in [0.717, 1.165) is 77.6 Å². The van der Waals surface area contributed by atoms with Crippen LogP contribution in [0.1, 0.15) is 39.5 Å². The lowest BCUT2D eigenvalue weighted by Gasteiger charge is -2.31. The number of anilines is 2. The standard InChI is InChI=1S/C29H30N6O2/c1-34-14-17-16-37-12-9-18(17)21-4-6-26(33-25(21)15-34)32-24-5-3-19(23-13-31-29(36)27(23)24)20-7-10-30-28-22(20)8-11-35(28)2/h3-8,10-11,17-18H,9,12-16H2,1-2H3,(H,31,36)(H,32,33)/t17-,18+/m0/s1. The van der Waals surface area contributed by atoms with Crippen LogP contribution >= 0.6 is 0 Å². The zero-order chi connectivity index (χ0) is 25.1. The quantitative estimate of drug-likeness (QED) is 0.444. The number of fused-ring (bicyclic) bond motifs is 5. The Bertz CT molecular complexity index is 1540. The summed E-state index contributed by atoms with van der Waals surface area (Å²) in [6, 6.07) is 12.5. The molecule has 1 amide bonds. The molecule has 0 radical (unpaired) electrons. The first-order valence-corrected chi connectivity index (χ1v) is 12.9. The van der Waals surface area contributed by atoms with Crippen LogP contribution in [0, 0.1) is 5.92 Å². The second-order valence-corrected chi connectivity index (χ2v) is 10.5. The molecule has 188 valence electrons. The fraction of sp³-hybridized carbons (Fsp3) is 0.345. The highest BCUT2D eigenvalue weighted by Gasteiger charge is 2.33. The molecule has 3 aliphatic rings. The predicted molar refractivity (Wildman–Crippen MR) is 143 cm³/mol. The summed E-state index contributed by atoms with van der Waals surface area (Å²) in [5.41, 5.74) is 8.00. The Morgan fingerprint density at radius 3 is 2.95 bits per heavy atom. The first-order valence-electron chi connectivity index (χ1n) is 12.9. The summed E-state index contributed by atoms with van der Waals surface area (Å²) in [5.74, 6) is 1.70. The number of amides is 1. The van der Waals surface area contributed by atoms with Crippen LogP contribution in [-0.4, -0.2) is 52.1 Å². The summed E-state index contributed by atoms with van der Waals surface area (Å²) in [6.45, 7) is 3.95. The van der Waals surface area contributed by atoms with Crippen molar-refractivity contribution in [3.63, 3.8) is 0 Å². The molecule has 0 unspecified atom stereocenters. The third-order valence-corrected chi connectivity index (χ3v) is 8.14. The molecule has 3 aromatic heterocycles. The van der Waals surface area contributed by atoms with Crippen molar-refractivity contribution in [1.82, 2.24) is 24.8 Å². The van der Waals surface area contributed by atoms with Gasteiger partial charge in [0, 0.05) is 57.0 Å². The number of carbonyl (C=O) groups is 1. The average molecular weight is 495 g/mol. The second-order valence-electron chi connectivity index (χ2n) is 10.5. The first kappa shape index (κ1) is 22.4. The molecule has 1 fully saturated rings. The van der Waals surface area contributed by atoms with Crippen LogP contribution in [0.25, 0.3) is 22.2 Å². The number of nitrogens with one attached hydrogen (secondary N) is 2. The lowest BCUT2D eigenvalue weighted by atomic mass is 9.83. The molecule has 0 aliphatic carbocycles. The van der Waals surface area contributed by atoms with Crippen molar-refractivity contribution in [2.45, 2.75) is 25.4 Å². The molecule has 2 atom stereocenters. The van der Waals surface area contributed by atoms with Crippen molar-refractivity contribution in [2.75, 3.05) is 32.1 Å². The Morgan fingerprint density at radius 1 is 1.11 bits per heavy atom. The molecular weight excluding hydrogens is 464 g/mol. The molecule has 0 saturated carbocycles. The Hall–Kier alpha value is -3.75. The number of rotatable bonds is 3. The van der Waals surface area contributed by atoms with Crippen LogP contribution in [0.15, 0.2) is 48.8 Å². The molecule has 8 heteroatoms. The summed E-state index contributed by atoms with van der Waals surface area (Å²) >= 11 is 0. The fourth-order valence-corrected chi connectivity index (χ4v) is 6.39. The SMILES string of the molecule is CN1Cc2nc(Nc3ccc(-c4ccnc5c4ccn5C)c4c3C(=O)NC4)ccc2[C@@H]2CCOC[C@@H]2C1. The highest BCUT2D eigenvalue weighted by atomic mass is 16.5. The van der Waals surface area contributed by atoms with E-state index in [1.165, 1.54) is 5.56 Å². The van der Waals surface area contributed by atoms with Gasteiger partial charge in [-0.05, 0) is 65.9 Å². The van der Waals surface area contributed by atoms with E-state index < -0.39 is 0 Å². The Labute approximate surface area is 215 Å². The minimum atomic E-state index is -0.0581. The van der Waals surface area contributed by atoms with Gasteiger partial charge in [-0.15, -0.1) is 0 Å². The van der Waals surface area contributed by atoms with Gasteiger partial charge in [0.1, 0.15) is 11.5 Å². The van der Waals surface area contributed by atoms with Gasteiger partial charge in [0.2, 0.25) is 0 Å². The van der Waals surface area contributed by atoms with Crippen LogP contribution in [0.3, 0.4) is 0 Å². The van der Waals surface area contributed by atoms with Gasteiger partial charge in [-0.1, -0.05) is 12.1 Å². The predicted octanol–water partition coefficient (Wildman–Crippen LogP) is 4.19. The summed E-state index contributed by atoms with van der Waals surface area (Å²) in [7, 11) is 4.15. The van der Waals surface area contributed by atoms with E-state index in [2.05, 4.69) is 51.8 Å². The number of aromatic nitrogens is 3. The molecule has 3 aliphatic heterocycles. The maximum Gasteiger partial charge on any atom is 0.254 e. The van der Waals surface area contributed by atoms with E-state index in [-0.39, 0.29) is 5.91 Å². The summed E-state index contributed by atoms with van der Waals surface area (Å²) in [4.78, 5) is 24.9. The van der Waals surface area contributed by atoms with E-state index in [0.29, 0.717) is 23.9 Å². The monoisotopic (exact) mass is 494 g/mol. The zero-order valence-electron chi connectivity index (χ0n) is 21.1. The molecule has 7 rings (SSSR count). The van der Waals surface area contributed by atoms with Crippen molar-refractivity contribution < 1.29 is 9.53 Å². The van der Waals surface area contributed by atoms with E-state index in [1.54, 1.807) is 0 Å². The zero-order valence-corrected chi connectivity index (χ0v) is 21.1. The number of benzene rings is 1. The Kier molecular flexibility index (Phi) is 5.26. The summed E-state index contributed by atoms with van der Waals surface area (Å²) in [6.07, 6.45) is 4.89. The van der Waals surface area contributed by atoms with E-state index >= 15 is 0 Å². The number of hydrogen-bond acceptors (Lipinski definition) is 6. The maximum absolute atomic E-state index is 13.0. The van der Waals surface area contributed by atoms with Crippen LogP contribution < -0.4 is 10.6 Å². The Morgan fingerprint density at radius 2 is 2.03 bits per heavy atom. The van der Waals surface area contributed by atoms with Gasteiger partial charge in [0.05, 0.1) is 23.6 Å². The van der Waals surface area contributed by atoms with Gasteiger partial charge in [-0.2, -0.15) is 0 Å². The minimum Gasteiger partial charge on any atom is -0.381 e. The average Bonchev–Trinajstić information content (AvgIpc) is 3.44. The molecule has 1 aromatic carbocycles. The molecule has 2 N–H and O–H groups in total. The fourth-order valence-electron chi connectivity index (χ4n) is 6.39. The van der Waals surface area contributed by atoms with Crippen molar-refractivity contribution in [3.8, 4) is 11.1 Å². The van der Waals surface area contributed by atoms with Gasteiger partial charge in [0.25, 0.3) is 5.91 Å². The van der Waals surface area contributed by atoms with Crippen LogP contribution in [-0.2, 0) is 24.9 Å². The van der Waals surface area contributed by atoms with E-state index in [9.17, 15) is 4.79 Å². The van der Waals surface area contributed by atoms with Crippen molar-refractivity contribution >= 4 is 28.4 Å². The van der Waals surface area contributed by atoms with Crippen molar-refractivity contribution in [3.05, 3.63) is 71.2 Å². The lowest BCUT2D eigenvalue weighted by molar-refractivity contribution is 0.0304. The number of nitrogens with zero attached hydrogens (tertiary/aromatic N) is 4. The largest absolute Gasteiger partial charge is 0.381 e. The van der Waals surface area contributed by atoms with Gasteiger partial charge >= 0.3 is 0 Å². The Balaban J connectivity index is 1.27. The molecule has 8 nitrogen and oxygen atoms in total. The van der Waals surface area contributed by atoms with Crippen molar-refractivity contribution in [1.29, 1.82) is 0 Å². The van der Waals surface area contributed by atoms with Crippen LogP contribution in [0.4, 0.5) is 11.5 Å². The van der Waals surface area contributed by atoms with Crippen molar-refractivity contribution in [2.24, 2.45) is 13.0 Å². The normalized spacial score (nSPS) is 21.2. The van der Waals surface area contributed by atoms with Gasteiger partial charge < -0.3 is 24.8 Å². The number of hydrogen-bond donors (Lipinski definition) is 2. The summed E-state index contributed by atoms with van der Waals surface area (Å²) in [5, 5.41) is 7.59. The maximum atomic E-state index is 13.0. The van der Waals surface area contributed by atoms with E-state index in [1.807, 2.05) is 36.1 Å². The topological polar surface area (TPSA) is 84.3 Å². The highest BCUT2D eigenvalue weighted by molar-refractivity contribution is 6.07. The second kappa shape index (κ2) is 8.68.